The minimum absolute atomic E-state index is 0.822. The number of hydrogen-bond acceptors (Lipinski definition) is 0. The average molecular weight is 395 g/mol. The van der Waals surface area contributed by atoms with Crippen molar-refractivity contribution in [1.82, 2.24) is 0 Å². The lowest BCUT2D eigenvalue weighted by Crippen LogP contribution is -2.02. The molecule has 0 N–H and O–H groups in total. The minimum atomic E-state index is 0.822. The normalized spacial score (nSPS) is 13.1. The number of aryl methyl sites for hydroxylation is 2. The number of benzene rings is 5. The van der Waals surface area contributed by atoms with Crippen LogP contribution in [0.25, 0.3) is 32.3 Å². The molecule has 0 nitrogen and oxygen atoms in total. The third-order valence-corrected chi connectivity index (χ3v) is 6.32. The predicted molar refractivity (Wildman–Crippen MR) is 127 cm³/mol. The van der Waals surface area contributed by atoms with Gasteiger partial charge in [0.05, 0.1) is 0 Å². The molecule has 1 aliphatic carbocycles. The van der Waals surface area contributed by atoms with Crippen LogP contribution in [0.15, 0.2) is 91.0 Å². The summed E-state index contributed by atoms with van der Waals surface area (Å²) in [6.45, 7) is 0. The maximum absolute atomic E-state index is 5.96. The van der Waals surface area contributed by atoms with E-state index in [1.165, 1.54) is 52.6 Å². The van der Waals surface area contributed by atoms with Crippen molar-refractivity contribution in [2.75, 3.05) is 0 Å². The quantitative estimate of drug-likeness (QED) is 0.231. The number of halogens is 1. The largest absolute Gasteiger partial charge is 0.0837 e. The summed E-state index contributed by atoms with van der Waals surface area (Å²) >= 11 is 5.96. The summed E-state index contributed by atoms with van der Waals surface area (Å²) in [6, 6.07) is 32.0. The molecule has 5 aromatic rings. The van der Waals surface area contributed by atoms with Crippen LogP contribution < -0.4 is 0 Å². The van der Waals surface area contributed by atoms with Gasteiger partial charge in [0.2, 0.25) is 0 Å². The highest BCUT2D eigenvalue weighted by Gasteiger charge is 2.13. The van der Waals surface area contributed by atoms with Crippen molar-refractivity contribution in [3.63, 3.8) is 0 Å². The zero-order valence-corrected chi connectivity index (χ0v) is 17.1. The van der Waals surface area contributed by atoms with Crippen LogP contribution in [0.2, 0.25) is 5.02 Å². The maximum atomic E-state index is 5.96. The summed E-state index contributed by atoms with van der Waals surface area (Å²) in [5, 5.41) is 8.78. The SMILES string of the molecule is Clc1cccc2ccccc12.c1ccc2c(c1)ccc1c3c(ccc12)CCCC3. The molecule has 6 rings (SSSR count). The molecule has 29 heavy (non-hydrogen) atoms. The second kappa shape index (κ2) is 7.89. The Morgan fingerprint density at radius 2 is 1.14 bits per heavy atom. The van der Waals surface area contributed by atoms with Crippen molar-refractivity contribution in [1.29, 1.82) is 0 Å². The van der Waals surface area contributed by atoms with Gasteiger partial charge in [0.1, 0.15) is 0 Å². The molecule has 1 aliphatic rings. The van der Waals surface area contributed by atoms with E-state index in [1.54, 1.807) is 11.1 Å². The van der Waals surface area contributed by atoms with E-state index in [4.69, 9.17) is 11.6 Å². The van der Waals surface area contributed by atoms with Crippen molar-refractivity contribution in [2.45, 2.75) is 25.7 Å². The molecule has 142 valence electrons. The molecular formula is C28H23Cl. The van der Waals surface area contributed by atoms with Gasteiger partial charge in [0.25, 0.3) is 0 Å². The van der Waals surface area contributed by atoms with Crippen molar-refractivity contribution < 1.29 is 0 Å². The summed E-state index contributed by atoms with van der Waals surface area (Å²) in [7, 11) is 0. The highest BCUT2D eigenvalue weighted by atomic mass is 35.5. The van der Waals surface area contributed by atoms with Crippen molar-refractivity contribution in [3.8, 4) is 0 Å². The fourth-order valence-electron chi connectivity index (χ4n) is 4.53. The van der Waals surface area contributed by atoms with Gasteiger partial charge < -0.3 is 0 Å². The second-order valence-corrected chi connectivity index (χ2v) is 8.16. The molecule has 5 aromatic carbocycles. The monoisotopic (exact) mass is 394 g/mol. The number of rotatable bonds is 0. The molecule has 0 saturated heterocycles. The van der Waals surface area contributed by atoms with Crippen LogP contribution in [0, 0.1) is 0 Å². The number of hydrogen-bond donors (Lipinski definition) is 0. The first-order chi connectivity index (χ1) is 14.3. The summed E-state index contributed by atoms with van der Waals surface area (Å²) in [4.78, 5) is 0. The van der Waals surface area contributed by atoms with Crippen molar-refractivity contribution in [3.05, 3.63) is 107 Å². The molecule has 0 fully saturated rings. The molecular weight excluding hydrogens is 372 g/mol. The van der Waals surface area contributed by atoms with E-state index in [2.05, 4.69) is 60.7 Å². The van der Waals surface area contributed by atoms with Gasteiger partial charge in [-0.2, -0.15) is 0 Å². The topological polar surface area (TPSA) is 0 Å². The summed E-state index contributed by atoms with van der Waals surface area (Å²) in [6.07, 6.45) is 5.22. The van der Waals surface area contributed by atoms with Gasteiger partial charge in [-0.25, -0.2) is 0 Å². The highest BCUT2D eigenvalue weighted by Crippen LogP contribution is 2.33. The van der Waals surface area contributed by atoms with E-state index in [0.29, 0.717) is 0 Å². The van der Waals surface area contributed by atoms with E-state index >= 15 is 0 Å². The van der Waals surface area contributed by atoms with Crippen molar-refractivity contribution >= 4 is 43.9 Å². The van der Waals surface area contributed by atoms with E-state index in [0.717, 1.165) is 10.4 Å². The van der Waals surface area contributed by atoms with Gasteiger partial charge in [-0.15, -0.1) is 0 Å². The van der Waals surface area contributed by atoms with Crippen LogP contribution in [-0.2, 0) is 12.8 Å². The fourth-order valence-corrected chi connectivity index (χ4v) is 4.77. The molecule has 0 heterocycles. The van der Waals surface area contributed by atoms with Gasteiger partial charge >= 0.3 is 0 Å². The molecule has 0 bridgehead atoms. The fraction of sp³-hybridized carbons (Fsp3) is 0.143. The zero-order valence-electron chi connectivity index (χ0n) is 16.4. The lowest BCUT2D eigenvalue weighted by molar-refractivity contribution is 0.690. The second-order valence-electron chi connectivity index (χ2n) is 7.75. The first kappa shape index (κ1) is 18.2. The predicted octanol–water partition coefficient (Wildman–Crippen LogP) is 8.37. The van der Waals surface area contributed by atoms with E-state index in [9.17, 15) is 0 Å². The van der Waals surface area contributed by atoms with Crippen molar-refractivity contribution in [2.24, 2.45) is 0 Å². The lowest BCUT2D eigenvalue weighted by atomic mass is 9.86. The first-order valence-corrected chi connectivity index (χ1v) is 10.7. The van der Waals surface area contributed by atoms with Crippen LogP contribution in [-0.4, -0.2) is 0 Å². The first-order valence-electron chi connectivity index (χ1n) is 10.4. The molecule has 0 amide bonds. The molecule has 0 saturated carbocycles. The number of fused-ring (bicyclic) bond motifs is 6. The van der Waals surface area contributed by atoms with Crippen LogP contribution >= 0.6 is 11.6 Å². The molecule has 1 heteroatoms. The Hall–Kier alpha value is -2.83. The Bertz CT molecular complexity index is 1310. The van der Waals surface area contributed by atoms with Crippen LogP contribution in [0.5, 0.6) is 0 Å². The molecule has 0 aliphatic heterocycles. The Morgan fingerprint density at radius 1 is 0.483 bits per heavy atom. The summed E-state index contributed by atoms with van der Waals surface area (Å²) in [5.41, 5.74) is 3.17. The zero-order chi connectivity index (χ0) is 19.6. The maximum Gasteiger partial charge on any atom is 0.0484 e. The molecule has 0 spiro atoms. The Labute approximate surface area is 176 Å². The molecule has 0 atom stereocenters. The standard InChI is InChI=1S/C18H16.C10H7Cl/c1-3-7-15-13(5-1)9-11-18-16-8-4-2-6-14(16)10-12-17(15)18;11-10-7-3-5-8-4-1-2-6-9(8)10/h1,3,5,7,9-12H,2,4,6,8H2;1-7H. The van der Waals surface area contributed by atoms with Gasteiger partial charge in [0.15, 0.2) is 0 Å². The van der Waals surface area contributed by atoms with E-state index in [1.807, 2.05) is 30.3 Å². The molecule has 0 radical (unpaired) electrons. The van der Waals surface area contributed by atoms with Gasteiger partial charge in [-0.05, 0) is 69.8 Å². The smallest absolute Gasteiger partial charge is 0.0484 e. The Kier molecular flexibility index (Phi) is 4.96. The van der Waals surface area contributed by atoms with Crippen LogP contribution in [0.1, 0.15) is 24.0 Å². The van der Waals surface area contributed by atoms with Gasteiger partial charge in [-0.3, -0.25) is 0 Å². The Morgan fingerprint density at radius 3 is 1.97 bits per heavy atom. The van der Waals surface area contributed by atoms with Crippen LogP contribution in [0.3, 0.4) is 0 Å². The average Bonchev–Trinajstić information content (AvgIpc) is 2.79. The Balaban J connectivity index is 0.000000142. The molecule has 0 unspecified atom stereocenters. The highest BCUT2D eigenvalue weighted by molar-refractivity contribution is 6.35. The molecule has 0 aromatic heterocycles. The lowest BCUT2D eigenvalue weighted by Gasteiger charge is -2.18. The van der Waals surface area contributed by atoms with Gasteiger partial charge in [0, 0.05) is 10.4 Å². The minimum Gasteiger partial charge on any atom is -0.0837 e. The summed E-state index contributed by atoms with van der Waals surface area (Å²) in [5.74, 6) is 0. The third-order valence-electron chi connectivity index (χ3n) is 5.99. The van der Waals surface area contributed by atoms with E-state index in [-0.39, 0.29) is 0 Å². The van der Waals surface area contributed by atoms with Crippen LogP contribution in [0.4, 0.5) is 0 Å². The van der Waals surface area contributed by atoms with E-state index < -0.39 is 0 Å². The third kappa shape index (κ3) is 3.50. The van der Waals surface area contributed by atoms with Gasteiger partial charge in [-0.1, -0.05) is 96.5 Å². The summed E-state index contributed by atoms with van der Waals surface area (Å²) < 4.78 is 0.